The van der Waals surface area contributed by atoms with Crippen molar-refractivity contribution < 1.29 is 4.74 Å². The van der Waals surface area contributed by atoms with Crippen LogP contribution >= 0.6 is 15.9 Å². The van der Waals surface area contributed by atoms with Crippen LogP contribution in [-0.4, -0.2) is 4.98 Å². The molecule has 0 saturated carbocycles. The lowest BCUT2D eigenvalue weighted by Gasteiger charge is -2.29. The van der Waals surface area contributed by atoms with Crippen LogP contribution < -0.4 is 0 Å². The molecule has 130 valence electrons. The molecule has 0 radical (unpaired) electrons. The minimum Gasteiger partial charge on any atom is -0.361 e. The van der Waals surface area contributed by atoms with E-state index in [2.05, 4.69) is 61.0 Å². The van der Waals surface area contributed by atoms with Crippen molar-refractivity contribution in [3.8, 4) is 0 Å². The van der Waals surface area contributed by atoms with Crippen molar-refractivity contribution in [2.24, 2.45) is 0 Å². The Balaban J connectivity index is 2.19. The number of nitrogens with zero attached hydrogens (tertiary/aromatic N) is 1. The fourth-order valence-electron chi connectivity index (χ4n) is 4.09. The van der Waals surface area contributed by atoms with Crippen molar-refractivity contribution in [1.82, 2.24) is 4.98 Å². The number of ether oxygens (including phenoxy) is 1. The van der Waals surface area contributed by atoms with Gasteiger partial charge in [-0.05, 0) is 41.3 Å². The summed E-state index contributed by atoms with van der Waals surface area (Å²) in [6.45, 7) is 6.74. The van der Waals surface area contributed by atoms with Gasteiger partial charge in [-0.15, -0.1) is 0 Å². The Morgan fingerprint density at radius 3 is 2.46 bits per heavy atom. The van der Waals surface area contributed by atoms with E-state index in [9.17, 15) is 0 Å². The fraction of sp³-hybridized carbons (Fsp3) is 0.571. The number of rotatable bonds is 7. The molecule has 0 saturated heterocycles. The van der Waals surface area contributed by atoms with Crippen LogP contribution in [0.1, 0.15) is 83.1 Å². The highest BCUT2D eigenvalue weighted by Gasteiger charge is 2.46. The molecular weight excluding hydrogens is 362 g/mol. The highest BCUT2D eigenvalue weighted by molar-refractivity contribution is 9.10. The lowest BCUT2D eigenvalue weighted by molar-refractivity contribution is -0.0932. The number of aromatic nitrogens is 1. The average Bonchev–Trinajstić information content (AvgIpc) is 2.88. The molecule has 0 amide bonds. The quantitative estimate of drug-likeness (QED) is 0.505. The third-order valence-corrected chi connectivity index (χ3v) is 5.97. The van der Waals surface area contributed by atoms with Crippen molar-refractivity contribution in [2.45, 2.75) is 77.4 Å². The molecule has 0 spiro atoms. The number of hydrogen-bond donors (Lipinski definition) is 0. The molecule has 1 aliphatic heterocycles. The maximum absolute atomic E-state index is 6.76. The van der Waals surface area contributed by atoms with Crippen molar-refractivity contribution in [3.05, 3.63) is 40.0 Å². The molecule has 1 aromatic carbocycles. The first-order valence-electron chi connectivity index (χ1n) is 9.43. The molecule has 0 aliphatic carbocycles. The Labute approximate surface area is 154 Å². The summed E-state index contributed by atoms with van der Waals surface area (Å²) in [5, 5.41) is 1.20. The van der Waals surface area contributed by atoms with E-state index in [0.29, 0.717) is 0 Å². The molecule has 0 fully saturated rings. The Kier molecular flexibility index (Phi) is 5.61. The van der Waals surface area contributed by atoms with E-state index < -0.39 is 0 Å². The summed E-state index contributed by atoms with van der Waals surface area (Å²) in [7, 11) is 0. The molecule has 1 aromatic heterocycles. The lowest BCUT2D eigenvalue weighted by Crippen LogP contribution is -2.26. The summed E-state index contributed by atoms with van der Waals surface area (Å²) >= 11 is 3.90. The molecular formula is C21H28BrNO. The molecule has 2 nitrogen and oxygen atoms in total. The first-order valence-corrected chi connectivity index (χ1v) is 10.2. The summed E-state index contributed by atoms with van der Waals surface area (Å²) in [5.74, 6) is 0. The predicted molar refractivity (Wildman–Crippen MR) is 104 cm³/mol. The van der Waals surface area contributed by atoms with Crippen LogP contribution in [0.15, 0.2) is 28.7 Å². The zero-order valence-corrected chi connectivity index (χ0v) is 16.7. The number of benzene rings is 1. The van der Waals surface area contributed by atoms with Gasteiger partial charge in [0.05, 0.1) is 17.3 Å². The van der Waals surface area contributed by atoms with Gasteiger partial charge in [0.15, 0.2) is 0 Å². The number of halogens is 1. The first-order chi connectivity index (χ1) is 11.7. The summed E-state index contributed by atoms with van der Waals surface area (Å²) < 4.78 is 7.95. The van der Waals surface area contributed by atoms with Gasteiger partial charge in [-0.3, -0.25) is 0 Å². The highest BCUT2D eigenvalue weighted by Crippen LogP contribution is 2.53. The molecule has 2 aromatic rings. The lowest BCUT2D eigenvalue weighted by atomic mass is 9.87. The van der Waals surface area contributed by atoms with Crippen LogP contribution in [0.2, 0.25) is 0 Å². The fourth-order valence-corrected chi connectivity index (χ4v) is 4.87. The van der Waals surface area contributed by atoms with Gasteiger partial charge in [-0.2, -0.15) is 0 Å². The normalized spacial score (nSPS) is 18.9. The second kappa shape index (κ2) is 7.53. The van der Waals surface area contributed by atoms with Gasteiger partial charge in [0.1, 0.15) is 5.60 Å². The van der Waals surface area contributed by atoms with Gasteiger partial charge in [0, 0.05) is 15.4 Å². The third-order valence-electron chi connectivity index (χ3n) is 5.11. The molecule has 3 heteroatoms. The van der Waals surface area contributed by atoms with Crippen molar-refractivity contribution in [1.29, 1.82) is 0 Å². The van der Waals surface area contributed by atoms with Crippen LogP contribution in [0.3, 0.4) is 0 Å². The summed E-state index contributed by atoms with van der Waals surface area (Å²) in [4.78, 5) is 5.11. The predicted octanol–water partition coefficient (Wildman–Crippen LogP) is 7.05. The smallest absolute Gasteiger partial charge is 0.111 e. The number of para-hydroxylation sites is 1. The minimum absolute atomic E-state index is 0.171. The Morgan fingerprint density at radius 2 is 1.79 bits per heavy atom. The van der Waals surface area contributed by atoms with Gasteiger partial charge in [0.25, 0.3) is 0 Å². The summed E-state index contributed by atoms with van der Waals surface area (Å²) in [6, 6.07) is 8.43. The number of hydrogen-bond acceptors (Lipinski definition) is 2. The molecule has 1 unspecified atom stereocenters. The van der Waals surface area contributed by atoms with Crippen molar-refractivity contribution >= 4 is 26.8 Å². The maximum atomic E-state index is 6.76. The van der Waals surface area contributed by atoms with Crippen molar-refractivity contribution in [3.63, 3.8) is 0 Å². The number of pyridine rings is 1. The number of unbranched alkanes of at least 4 members (excludes halogenated alkanes) is 1. The summed E-state index contributed by atoms with van der Waals surface area (Å²) in [6.07, 6.45) is 7.97. The summed E-state index contributed by atoms with van der Waals surface area (Å²) in [5.41, 5.74) is 3.37. The third kappa shape index (κ3) is 3.01. The first kappa shape index (κ1) is 17.9. The minimum atomic E-state index is -0.205. The molecule has 1 aliphatic rings. The highest BCUT2D eigenvalue weighted by atomic mass is 79.9. The molecule has 2 heterocycles. The largest absolute Gasteiger partial charge is 0.361 e. The van der Waals surface area contributed by atoms with E-state index >= 15 is 0 Å². The topological polar surface area (TPSA) is 22.1 Å². The van der Waals surface area contributed by atoms with Gasteiger partial charge in [-0.1, -0.05) is 64.7 Å². The zero-order valence-electron chi connectivity index (χ0n) is 15.1. The maximum Gasteiger partial charge on any atom is 0.111 e. The van der Waals surface area contributed by atoms with E-state index in [1.165, 1.54) is 34.0 Å². The van der Waals surface area contributed by atoms with Crippen LogP contribution in [0.5, 0.6) is 0 Å². The van der Waals surface area contributed by atoms with Gasteiger partial charge in [0.2, 0.25) is 0 Å². The Hall–Kier alpha value is -0.930. The SMILES string of the molecule is CCCCC1OC(CCC)(CCC)c2nc3ccccc3c(Br)c21. The van der Waals surface area contributed by atoms with Crippen LogP contribution in [0.4, 0.5) is 0 Å². The van der Waals surface area contributed by atoms with Crippen LogP contribution in [-0.2, 0) is 10.3 Å². The van der Waals surface area contributed by atoms with Gasteiger partial charge in [-0.25, -0.2) is 4.98 Å². The second-order valence-corrected chi connectivity index (χ2v) is 7.74. The van der Waals surface area contributed by atoms with Crippen LogP contribution in [0.25, 0.3) is 10.9 Å². The second-order valence-electron chi connectivity index (χ2n) is 6.95. The zero-order chi connectivity index (χ0) is 17.2. The Morgan fingerprint density at radius 1 is 1.08 bits per heavy atom. The molecule has 24 heavy (non-hydrogen) atoms. The monoisotopic (exact) mass is 389 g/mol. The van der Waals surface area contributed by atoms with E-state index in [1.54, 1.807) is 0 Å². The molecule has 0 N–H and O–H groups in total. The molecule has 1 atom stereocenters. The van der Waals surface area contributed by atoms with Crippen molar-refractivity contribution in [2.75, 3.05) is 0 Å². The molecule has 3 rings (SSSR count). The van der Waals surface area contributed by atoms with Gasteiger partial charge >= 0.3 is 0 Å². The standard InChI is InChI=1S/C21H28BrNO/c1-4-7-12-17-18-19(22)15-10-8-9-11-16(15)23-20(18)21(24-17,13-5-2)14-6-3/h8-11,17H,4-7,12-14H2,1-3H3. The van der Waals surface area contributed by atoms with E-state index in [-0.39, 0.29) is 11.7 Å². The Bertz CT molecular complexity index is 706. The van der Waals surface area contributed by atoms with Crippen LogP contribution in [0, 0.1) is 0 Å². The number of fused-ring (bicyclic) bond motifs is 2. The molecule has 0 bridgehead atoms. The average molecular weight is 390 g/mol. The van der Waals surface area contributed by atoms with E-state index in [4.69, 9.17) is 9.72 Å². The van der Waals surface area contributed by atoms with Gasteiger partial charge < -0.3 is 4.74 Å². The van der Waals surface area contributed by atoms with E-state index in [0.717, 1.165) is 37.6 Å². The van der Waals surface area contributed by atoms with E-state index in [1.807, 2.05) is 0 Å².